The van der Waals surface area contributed by atoms with Crippen molar-refractivity contribution in [3.63, 3.8) is 0 Å². The second-order valence-corrected chi connectivity index (χ2v) is 4.53. The van der Waals surface area contributed by atoms with E-state index in [0.717, 1.165) is 19.4 Å². The van der Waals surface area contributed by atoms with Gasteiger partial charge in [0.15, 0.2) is 11.5 Å². The summed E-state index contributed by atoms with van der Waals surface area (Å²) in [7, 11) is 1.46. The molecule has 1 aromatic rings. The van der Waals surface area contributed by atoms with Crippen molar-refractivity contribution in [1.82, 2.24) is 4.90 Å². The van der Waals surface area contributed by atoms with Crippen LogP contribution in [0.2, 0.25) is 0 Å². The molecular weight excluding hydrogens is 232 g/mol. The first-order valence-corrected chi connectivity index (χ1v) is 5.97. The normalized spacial score (nSPS) is 21.5. The van der Waals surface area contributed by atoms with Crippen molar-refractivity contribution in [3.05, 3.63) is 17.7 Å². The minimum Gasteiger partial charge on any atom is -0.504 e. The van der Waals surface area contributed by atoms with E-state index < -0.39 is 0 Å². The second kappa shape index (κ2) is 4.01. The number of benzene rings is 1. The Kier molecular flexibility index (Phi) is 2.47. The van der Waals surface area contributed by atoms with Crippen molar-refractivity contribution in [2.24, 2.45) is 4.99 Å². The van der Waals surface area contributed by atoms with E-state index in [-0.39, 0.29) is 17.7 Å². The lowest BCUT2D eigenvalue weighted by Crippen LogP contribution is -2.35. The maximum atomic E-state index is 12.4. The summed E-state index contributed by atoms with van der Waals surface area (Å²) >= 11 is 0. The number of phenolic OH excluding ortho intramolecular Hbond substituents is 1. The van der Waals surface area contributed by atoms with E-state index in [2.05, 4.69) is 4.99 Å². The molecule has 94 valence electrons. The summed E-state index contributed by atoms with van der Waals surface area (Å²) < 4.78 is 5.04. The summed E-state index contributed by atoms with van der Waals surface area (Å²) in [5.41, 5.74) is 0.998. The van der Waals surface area contributed by atoms with Gasteiger partial charge in [0.1, 0.15) is 0 Å². The molecule has 0 bridgehead atoms. The Labute approximate surface area is 105 Å². The first kappa shape index (κ1) is 11.1. The van der Waals surface area contributed by atoms with Crippen LogP contribution in [0, 0.1) is 0 Å². The highest BCUT2D eigenvalue weighted by Gasteiger charge is 2.32. The molecule has 2 aliphatic rings. The van der Waals surface area contributed by atoms with Crippen LogP contribution in [0.3, 0.4) is 0 Å². The third-order valence-corrected chi connectivity index (χ3v) is 3.47. The second-order valence-electron chi connectivity index (χ2n) is 4.53. The van der Waals surface area contributed by atoms with Gasteiger partial charge in [-0.25, -0.2) is 0 Å². The molecule has 1 atom stereocenters. The topological polar surface area (TPSA) is 62.1 Å². The molecule has 18 heavy (non-hydrogen) atoms. The summed E-state index contributed by atoms with van der Waals surface area (Å²) in [6.07, 6.45) is 3.75. The van der Waals surface area contributed by atoms with Gasteiger partial charge in [-0.05, 0) is 18.9 Å². The number of fused-ring (bicyclic) bond motifs is 2. The lowest BCUT2D eigenvalue weighted by Gasteiger charge is -2.20. The predicted molar refractivity (Wildman–Crippen MR) is 66.9 cm³/mol. The van der Waals surface area contributed by atoms with Gasteiger partial charge in [0, 0.05) is 18.8 Å². The Morgan fingerprint density at radius 3 is 3.11 bits per heavy atom. The van der Waals surface area contributed by atoms with Gasteiger partial charge in [-0.1, -0.05) is 0 Å². The smallest absolute Gasteiger partial charge is 0.256 e. The first-order valence-electron chi connectivity index (χ1n) is 5.97. The Bertz CT molecular complexity index is 539. The van der Waals surface area contributed by atoms with Crippen LogP contribution in [0.5, 0.6) is 11.5 Å². The molecule has 1 N–H and O–H groups in total. The van der Waals surface area contributed by atoms with Crippen molar-refractivity contribution in [1.29, 1.82) is 0 Å². The zero-order chi connectivity index (χ0) is 12.7. The fourth-order valence-corrected chi connectivity index (χ4v) is 2.52. The van der Waals surface area contributed by atoms with Gasteiger partial charge in [-0.15, -0.1) is 0 Å². The number of nitrogens with zero attached hydrogens (tertiary/aromatic N) is 2. The van der Waals surface area contributed by atoms with Crippen LogP contribution in [0.1, 0.15) is 23.2 Å². The van der Waals surface area contributed by atoms with Crippen molar-refractivity contribution < 1.29 is 14.6 Å². The average molecular weight is 246 g/mol. The van der Waals surface area contributed by atoms with Gasteiger partial charge >= 0.3 is 0 Å². The van der Waals surface area contributed by atoms with E-state index in [1.807, 2.05) is 4.90 Å². The average Bonchev–Trinajstić information content (AvgIpc) is 2.79. The van der Waals surface area contributed by atoms with Gasteiger partial charge in [0.05, 0.1) is 24.4 Å². The SMILES string of the molecule is COc1cc2c(cc1O)N=C[C@H]1CCCN1C2=O. The van der Waals surface area contributed by atoms with E-state index in [9.17, 15) is 9.90 Å². The van der Waals surface area contributed by atoms with Crippen molar-refractivity contribution in [2.75, 3.05) is 13.7 Å². The van der Waals surface area contributed by atoms with Crippen LogP contribution in [0.4, 0.5) is 5.69 Å². The number of rotatable bonds is 1. The molecule has 2 heterocycles. The molecule has 0 spiro atoms. The lowest BCUT2D eigenvalue weighted by atomic mass is 10.1. The minimum atomic E-state index is -0.0386. The Balaban J connectivity index is 2.12. The number of hydrogen-bond donors (Lipinski definition) is 1. The minimum absolute atomic E-state index is 0.00302. The standard InChI is InChI=1S/C13H14N2O3/c1-18-12-5-9-10(6-11(12)16)14-7-8-3-2-4-15(8)13(9)17/h5-8,16H,2-4H2,1H3/t8-/m1/s1. The Morgan fingerprint density at radius 1 is 1.50 bits per heavy atom. The van der Waals surface area contributed by atoms with E-state index >= 15 is 0 Å². The number of aliphatic imine (C=N–C) groups is 1. The van der Waals surface area contributed by atoms with Gasteiger partial charge in [-0.2, -0.15) is 0 Å². The number of carbonyl (C=O) groups excluding carboxylic acids is 1. The molecule has 0 aromatic heterocycles. The fourth-order valence-electron chi connectivity index (χ4n) is 2.52. The maximum Gasteiger partial charge on any atom is 0.256 e. The van der Waals surface area contributed by atoms with E-state index in [4.69, 9.17) is 4.74 Å². The molecule has 0 radical (unpaired) electrons. The third-order valence-electron chi connectivity index (χ3n) is 3.47. The van der Waals surface area contributed by atoms with Crippen LogP contribution in [-0.4, -0.2) is 41.8 Å². The van der Waals surface area contributed by atoms with Gasteiger partial charge < -0.3 is 14.7 Å². The van der Waals surface area contributed by atoms with E-state index in [1.54, 1.807) is 12.3 Å². The van der Waals surface area contributed by atoms with Crippen molar-refractivity contribution >= 4 is 17.8 Å². The Hall–Kier alpha value is -2.04. The van der Waals surface area contributed by atoms with Gasteiger partial charge in [0.2, 0.25) is 0 Å². The molecule has 1 fully saturated rings. The predicted octanol–water partition coefficient (Wildman–Crippen LogP) is 1.72. The van der Waals surface area contributed by atoms with Crippen LogP contribution >= 0.6 is 0 Å². The molecule has 5 nitrogen and oxygen atoms in total. The van der Waals surface area contributed by atoms with Crippen molar-refractivity contribution in [3.8, 4) is 11.5 Å². The third kappa shape index (κ3) is 1.54. The quantitative estimate of drug-likeness (QED) is 0.820. The molecule has 0 unspecified atom stereocenters. The zero-order valence-electron chi connectivity index (χ0n) is 10.1. The van der Waals surface area contributed by atoms with E-state index in [0.29, 0.717) is 17.0 Å². The highest BCUT2D eigenvalue weighted by atomic mass is 16.5. The lowest BCUT2D eigenvalue weighted by molar-refractivity contribution is 0.0774. The van der Waals surface area contributed by atoms with E-state index in [1.165, 1.54) is 13.2 Å². The monoisotopic (exact) mass is 246 g/mol. The van der Waals surface area contributed by atoms with Crippen molar-refractivity contribution in [2.45, 2.75) is 18.9 Å². The molecule has 5 heteroatoms. The molecule has 2 aliphatic heterocycles. The summed E-state index contributed by atoms with van der Waals surface area (Å²) in [5, 5.41) is 9.72. The molecule has 0 aliphatic carbocycles. The highest BCUT2D eigenvalue weighted by Crippen LogP contribution is 2.36. The van der Waals surface area contributed by atoms with Crippen LogP contribution in [-0.2, 0) is 0 Å². The zero-order valence-corrected chi connectivity index (χ0v) is 10.1. The Morgan fingerprint density at radius 2 is 2.33 bits per heavy atom. The van der Waals surface area contributed by atoms with Crippen LogP contribution in [0.25, 0.3) is 0 Å². The fraction of sp³-hybridized carbons (Fsp3) is 0.385. The number of aromatic hydroxyl groups is 1. The van der Waals surface area contributed by atoms with Gasteiger partial charge in [0.25, 0.3) is 5.91 Å². The summed E-state index contributed by atoms with van der Waals surface area (Å²) in [6, 6.07) is 3.12. The number of ether oxygens (including phenoxy) is 1. The number of methoxy groups -OCH3 is 1. The number of phenols is 1. The number of carbonyl (C=O) groups is 1. The molecule has 3 rings (SSSR count). The van der Waals surface area contributed by atoms with Crippen LogP contribution < -0.4 is 4.74 Å². The molecule has 1 amide bonds. The van der Waals surface area contributed by atoms with Gasteiger partial charge in [-0.3, -0.25) is 9.79 Å². The largest absolute Gasteiger partial charge is 0.504 e. The summed E-state index contributed by atoms with van der Waals surface area (Å²) in [6.45, 7) is 0.762. The first-order chi connectivity index (χ1) is 8.70. The number of hydrogen-bond acceptors (Lipinski definition) is 4. The molecule has 0 saturated carbocycles. The summed E-state index contributed by atoms with van der Waals surface area (Å²) in [5.74, 6) is 0.265. The highest BCUT2D eigenvalue weighted by molar-refractivity contribution is 6.03. The maximum absolute atomic E-state index is 12.4. The molecular formula is C13H14N2O3. The number of amides is 1. The molecule has 1 aromatic carbocycles. The summed E-state index contributed by atoms with van der Waals surface area (Å²) in [4.78, 5) is 18.5. The molecule has 1 saturated heterocycles. The van der Waals surface area contributed by atoms with Crippen LogP contribution in [0.15, 0.2) is 17.1 Å².